The molecule has 0 rings (SSSR count). The second kappa shape index (κ2) is 8.75. The van der Waals surface area contributed by atoms with Gasteiger partial charge in [0.15, 0.2) is 0 Å². The summed E-state index contributed by atoms with van der Waals surface area (Å²) >= 11 is 0. The quantitative estimate of drug-likeness (QED) is 0.237. The molecule has 0 aliphatic carbocycles. The van der Waals surface area contributed by atoms with Gasteiger partial charge in [0.05, 0.1) is 0 Å². The molecule has 0 aliphatic heterocycles. The Kier molecular flexibility index (Phi) is 21.3. The van der Waals surface area contributed by atoms with Crippen LogP contribution in [0.3, 0.4) is 0 Å². The van der Waals surface area contributed by atoms with Crippen molar-refractivity contribution >= 4 is 0 Å². The summed E-state index contributed by atoms with van der Waals surface area (Å²) in [5.41, 5.74) is 0. The Bertz CT molecular complexity index is 76.5. The number of hydrogen-bond donors (Lipinski definition) is 2. The fourth-order valence-corrected chi connectivity index (χ4v) is 0. The van der Waals surface area contributed by atoms with Gasteiger partial charge in [-0.15, -0.1) is 0 Å². The maximum absolute atomic E-state index is 9.08. The summed E-state index contributed by atoms with van der Waals surface area (Å²) in [7, 11) is 0. The standard InChI is InChI=1S/C2O6.2Au.2H3N/c3-1(4,5)2(6,7)8;;;;/h;;;2*1H3/q-6;2*+3;;. The summed E-state index contributed by atoms with van der Waals surface area (Å²) < 4.78 is 0. The molecule has 12 heavy (non-hydrogen) atoms. The Labute approximate surface area is 99.4 Å². The molecule has 0 radical (unpaired) electrons. The van der Waals surface area contributed by atoms with Crippen LogP contribution in [-0.4, -0.2) is 11.9 Å². The van der Waals surface area contributed by atoms with Gasteiger partial charge in [0.25, 0.3) is 0 Å². The van der Waals surface area contributed by atoms with E-state index in [-0.39, 0.29) is 57.1 Å². The third kappa shape index (κ3) is 11.2. The molecular weight excluding hydrogens is 542 g/mol. The monoisotopic (exact) mass is 548 g/mol. The zero-order valence-corrected chi connectivity index (χ0v) is 9.80. The molecule has 0 amide bonds. The van der Waals surface area contributed by atoms with Gasteiger partial charge in [-0.2, -0.15) is 0 Å². The normalized spacial score (nSPS) is 9.50. The van der Waals surface area contributed by atoms with Crippen LogP contribution in [-0.2, 0) is 44.8 Å². The average Bonchev–Trinajstić information content (AvgIpc) is 1.25. The summed E-state index contributed by atoms with van der Waals surface area (Å²) in [4.78, 5) is 0. The van der Waals surface area contributed by atoms with Crippen LogP contribution in [0.1, 0.15) is 0 Å². The van der Waals surface area contributed by atoms with E-state index in [0.717, 1.165) is 0 Å². The van der Waals surface area contributed by atoms with Gasteiger partial charge < -0.3 is 54.9 Å². The number of rotatable bonds is 1. The first kappa shape index (κ1) is 29.2. The van der Waals surface area contributed by atoms with Crippen molar-refractivity contribution in [1.29, 1.82) is 0 Å². The molecule has 0 aromatic rings. The van der Waals surface area contributed by atoms with E-state index in [1.165, 1.54) is 0 Å². The van der Waals surface area contributed by atoms with Crippen LogP contribution >= 0.6 is 0 Å². The first-order valence-electron chi connectivity index (χ1n) is 1.47. The van der Waals surface area contributed by atoms with Crippen LogP contribution in [0.4, 0.5) is 0 Å². The molecule has 10 heteroatoms. The second-order valence-corrected chi connectivity index (χ2v) is 1.11. The molecule has 0 fully saturated rings. The first-order valence-corrected chi connectivity index (χ1v) is 1.47. The van der Waals surface area contributed by atoms with Gasteiger partial charge in [-0.25, -0.2) is 0 Å². The van der Waals surface area contributed by atoms with E-state index in [9.17, 15) is 0 Å². The van der Waals surface area contributed by atoms with E-state index < -0.39 is 11.9 Å². The minimum absolute atomic E-state index is 0. The molecule has 0 saturated heterocycles. The third-order valence-corrected chi connectivity index (χ3v) is 0.375. The smallest absolute Gasteiger partial charge is 0.879 e. The van der Waals surface area contributed by atoms with E-state index in [0.29, 0.717) is 0 Å². The Morgan fingerprint density at radius 3 is 0.583 bits per heavy atom. The molecule has 0 spiro atoms. The van der Waals surface area contributed by atoms with E-state index in [2.05, 4.69) is 0 Å². The Balaban J connectivity index is -0.0000000408. The van der Waals surface area contributed by atoms with Gasteiger partial charge in [0.2, 0.25) is 0 Å². The third-order valence-electron chi connectivity index (χ3n) is 0.375. The predicted molar refractivity (Wildman–Crippen MR) is 15.5 cm³/mol. The van der Waals surface area contributed by atoms with Crippen molar-refractivity contribution < 1.29 is 75.4 Å². The van der Waals surface area contributed by atoms with Crippen molar-refractivity contribution in [3.05, 3.63) is 0 Å². The van der Waals surface area contributed by atoms with Crippen LogP contribution in [0.15, 0.2) is 0 Å². The van der Waals surface area contributed by atoms with Crippen LogP contribution in [0.2, 0.25) is 0 Å². The molecule has 0 aromatic carbocycles. The molecule has 0 aromatic heterocycles. The molecule has 8 nitrogen and oxygen atoms in total. The van der Waals surface area contributed by atoms with Gasteiger partial charge >= 0.3 is 44.8 Å². The van der Waals surface area contributed by atoms with Crippen molar-refractivity contribution in [3.63, 3.8) is 0 Å². The fourth-order valence-electron chi connectivity index (χ4n) is 0. The van der Waals surface area contributed by atoms with Crippen molar-refractivity contribution in [2.75, 3.05) is 0 Å². The van der Waals surface area contributed by atoms with E-state index in [1.54, 1.807) is 0 Å². The van der Waals surface area contributed by atoms with Crippen LogP contribution in [0, 0.1) is 0 Å². The summed E-state index contributed by atoms with van der Waals surface area (Å²) in [6, 6.07) is 0. The molecule has 0 heterocycles. The van der Waals surface area contributed by atoms with Crippen LogP contribution in [0.5, 0.6) is 0 Å². The van der Waals surface area contributed by atoms with E-state index in [4.69, 9.17) is 30.6 Å². The van der Waals surface area contributed by atoms with Gasteiger partial charge in [0.1, 0.15) is 0 Å². The van der Waals surface area contributed by atoms with E-state index in [1.807, 2.05) is 0 Å². The van der Waals surface area contributed by atoms with Crippen molar-refractivity contribution in [2.24, 2.45) is 0 Å². The second-order valence-electron chi connectivity index (χ2n) is 1.11. The Morgan fingerprint density at radius 2 is 0.583 bits per heavy atom. The number of hydrogen-bond acceptors (Lipinski definition) is 8. The van der Waals surface area contributed by atoms with Crippen LogP contribution in [0.25, 0.3) is 0 Å². The summed E-state index contributed by atoms with van der Waals surface area (Å²) in [6.45, 7) is 0. The Morgan fingerprint density at radius 1 is 0.500 bits per heavy atom. The Hall–Kier alpha value is 1.16. The summed E-state index contributed by atoms with van der Waals surface area (Å²) in [6.07, 6.45) is 0. The van der Waals surface area contributed by atoms with Crippen molar-refractivity contribution in [3.8, 4) is 0 Å². The molecule has 0 unspecified atom stereocenters. The minimum Gasteiger partial charge on any atom is -0.879 e. The maximum atomic E-state index is 9.08. The first-order chi connectivity index (χ1) is 3.25. The molecule has 0 atom stereocenters. The van der Waals surface area contributed by atoms with Gasteiger partial charge in [-0.1, -0.05) is 0 Å². The summed E-state index contributed by atoms with van der Waals surface area (Å²) in [5.74, 6) is -9.96. The molecular formula is C2H6Au2N2O6. The van der Waals surface area contributed by atoms with Crippen molar-refractivity contribution in [2.45, 2.75) is 11.9 Å². The minimum atomic E-state index is -4.98. The fraction of sp³-hybridized carbons (Fsp3) is 1.00. The SMILES string of the molecule is N.N.[Au+3].[Au+3].[O-]C([O-])([O-])C([O-])([O-])[O-]. The van der Waals surface area contributed by atoms with Crippen molar-refractivity contribution in [1.82, 2.24) is 12.3 Å². The molecule has 6 N–H and O–H groups in total. The van der Waals surface area contributed by atoms with Crippen LogP contribution < -0.4 is 42.9 Å². The van der Waals surface area contributed by atoms with Gasteiger partial charge in [0, 0.05) is 0 Å². The molecule has 0 bridgehead atoms. The molecule has 0 aliphatic rings. The average molecular weight is 548 g/mol. The van der Waals surface area contributed by atoms with Gasteiger partial charge in [-0.3, -0.25) is 0 Å². The predicted octanol–water partition coefficient (Wildman–Crippen LogP) is -7.23. The molecule has 82 valence electrons. The zero-order chi connectivity index (χ0) is 7.00. The summed E-state index contributed by atoms with van der Waals surface area (Å²) in [5, 5.41) is 54.5. The topological polar surface area (TPSA) is 208 Å². The molecule has 0 saturated carbocycles. The van der Waals surface area contributed by atoms with Gasteiger partial charge in [-0.05, 0) is 0 Å². The maximum Gasteiger partial charge on any atom is 3.00 e. The zero-order valence-electron chi connectivity index (χ0n) is 5.47. The largest absolute Gasteiger partial charge is 3.00 e. The van der Waals surface area contributed by atoms with E-state index >= 15 is 0 Å².